The second kappa shape index (κ2) is 6.53. The van der Waals surface area contributed by atoms with Gasteiger partial charge >= 0.3 is 0 Å². The van der Waals surface area contributed by atoms with E-state index in [0.717, 1.165) is 24.8 Å². The molecule has 0 spiro atoms. The molecule has 1 fully saturated rings. The monoisotopic (exact) mass is 271 g/mol. The molecule has 1 amide bonds. The molecule has 1 saturated carbocycles. The molecule has 0 saturated heterocycles. The van der Waals surface area contributed by atoms with Gasteiger partial charge in [-0.3, -0.25) is 4.79 Å². The van der Waals surface area contributed by atoms with Crippen LogP contribution < -0.4 is 5.73 Å². The number of hydrogen-bond donors (Lipinski definition) is 1. The van der Waals surface area contributed by atoms with Crippen molar-refractivity contribution < 1.29 is 4.79 Å². The summed E-state index contributed by atoms with van der Waals surface area (Å²) in [6.45, 7) is 1.18. The van der Waals surface area contributed by atoms with E-state index in [1.54, 1.807) is 17.0 Å². The number of amides is 1. The Morgan fingerprint density at radius 3 is 2.70 bits per heavy atom. The lowest BCUT2D eigenvalue weighted by Crippen LogP contribution is -2.36. The second-order valence-corrected chi connectivity index (χ2v) is 5.54. The lowest BCUT2D eigenvalue weighted by atomic mass is 9.94. The predicted octanol–water partition coefficient (Wildman–Crippen LogP) is 1.89. The van der Waals surface area contributed by atoms with Gasteiger partial charge in [-0.05, 0) is 43.0 Å². The fourth-order valence-electron chi connectivity index (χ4n) is 2.96. The number of carbonyl (C=O) groups excluding carboxylic acids is 1. The summed E-state index contributed by atoms with van der Waals surface area (Å²) in [6.07, 6.45) is 3.12. The summed E-state index contributed by atoms with van der Waals surface area (Å²) >= 11 is 0. The Hall–Kier alpha value is -1.86. The maximum absolute atomic E-state index is 12.5. The van der Waals surface area contributed by atoms with E-state index in [1.165, 1.54) is 0 Å². The topological polar surface area (TPSA) is 70.1 Å². The first-order valence-corrected chi connectivity index (χ1v) is 7.09. The van der Waals surface area contributed by atoms with Crippen LogP contribution in [0.25, 0.3) is 0 Å². The summed E-state index contributed by atoms with van der Waals surface area (Å²) < 4.78 is 0. The molecule has 2 rings (SSSR count). The van der Waals surface area contributed by atoms with Crippen LogP contribution in [0, 0.1) is 23.2 Å². The van der Waals surface area contributed by atoms with Crippen LogP contribution in [-0.4, -0.2) is 24.4 Å². The first-order valence-electron chi connectivity index (χ1n) is 7.09. The van der Waals surface area contributed by atoms with Crippen LogP contribution in [-0.2, 0) is 11.3 Å². The third kappa shape index (κ3) is 3.17. The maximum Gasteiger partial charge on any atom is 0.226 e. The molecule has 1 aromatic carbocycles. The van der Waals surface area contributed by atoms with Crippen molar-refractivity contribution in [3.8, 4) is 6.07 Å². The standard InChI is InChI=1S/C16H21N3O/c1-19(11-13-7-5-12(9-17)6-8-13)16(20)15-4-2-3-14(15)10-18/h5-8,14-15H,2-4,10-11,18H2,1H3. The van der Waals surface area contributed by atoms with Crippen LogP contribution in [0.2, 0.25) is 0 Å². The number of nitrogens with zero attached hydrogens (tertiary/aromatic N) is 2. The first kappa shape index (κ1) is 14.5. The van der Waals surface area contributed by atoms with Crippen molar-refractivity contribution in [2.45, 2.75) is 25.8 Å². The predicted molar refractivity (Wildman–Crippen MR) is 77.5 cm³/mol. The molecule has 4 heteroatoms. The Labute approximate surface area is 120 Å². The Morgan fingerprint density at radius 2 is 2.10 bits per heavy atom. The summed E-state index contributed by atoms with van der Waals surface area (Å²) in [6, 6.07) is 9.46. The van der Waals surface area contributed by atoms with E-state index in [4.69, 9.17) is 11.0 Å². The van der Waals surface area contributed by atoms with E-state index < -0.39 is 0 Å². The van der Waals surface area contributed by atoms with Crippen molar-refractivity contribution in [1.29, 1.82) is 5.26 Å². The van der Waals surface area contributed by atoms with Crippen LogP contribution in [0.1, 0.15) is 30.4 Å². The van der Waals surface area contributed by atoms with Crippen molar-refractivity contribution in [3.05, 3.63) is 35.4 Å². The lowest BCUT2D eigenvalue weighted by molar-refractivity contribution is -0.135. The lowest BCUT2D eigenvalue weighted by Gasteiger charge is -2.24. The second-order valence-electron chi connectivity index (χ2n) is 5.54. The van der Waals surface area contributed by atoms with E-state index >= 15 is 0 Å². The molecular weight excluding hydrogens is 250 g/mol. The Kier molecular flexibility index (Phi) is 4.75. The quantitative estimate of drug-likeness (QED) is 0.909. The summed E-state index contributed by atoms with van der Waals surface area (Å²) in [4.78, 5) is 14.2. The van der Waals surface area contributed by atoms with Gasteiger partial charge in [-0.25, -0.2) is 0 Å². The van der Waals surface area contributed by atoms with E-state index in [9.17, 15) is 4.79 Å². The van der Waals surface area contributed by atoms with Crippen LogP contribution >= 0.6 is 0 Å². The van der Waals surface area contributed by atoms with Gasteiger partial charge in [0.15, 0.2) is 0 Å². The molecule has 2 unspecified atom stereocenters. The molecule has 20 heavy (non-hydrogen) atoms. The summed E-state index contributed by atoms with van der Waals surface area (Å²) in [7, 11) is 1.84. The number of nitrogens with two attached hydrogens (primary N) is 1. The highest BCUT2D eigenvalue weighted by Crippen LogP contribution is 2.32. The molecule has 2 N–H and O–H groups in total. The maximum atomic E-state index is 12.5. The average Bonchev–Trinajstić information content (AvgIpc) is 2.95. The van der Waals surface area contributed by atoms with E-state index in [0.29, 0.717) is 24.6 Å². The zero-order chi connectivity index (χ0) is 14.5. The summed E-state index contributed by atoms with van der Waals surface area (Å²) in [5.74, 6) is 0.622. The molecule has 1 aliphatic rings. The first-order chi connectivity index (χ1) is 9.65. The molecule has 106 valence electrons. The van der Waals surface area contributed by atoms with Gasteiger partial charge in [0.25, 0.3) is 0 Å². The van der Waals surface area contributed by atoms with E-state index in [-0.39, 0.29) is 11.8 Å². The Morgan fingerprint density at radius 1 is 1.40 bits per heavy atom. The number of rotatable bonds is 4. The van der Waals surface area contributed by atoms with Crippen LogP contribution in [0.15, 0.2) is 24.3 Å². The molecule has 2 atom stereocenters. The van der Waals surface area contributed by atoms with Crippen molar-refractivity contribution >= 4 is 5.91 Å². The third-order valence-electron chi connectivity index (χ3n) is 4.16. The molecule has 0 bridgehead atoms. The summed E-state index contributed by atoms with van der Waals surface area (Å²) in [5, 5.41) is 8.77. The van der Waals surface area contributed by atoms with E-state index in [2.05, 4.69) is 6.07 Å². The molecule has 0 aliphatic heterocycles. The van der Waals surface area contributed by atoms with Crippen molar-refractivity contribution in [2.75, 3.05) is 13.6 Å². The minimum Gasteiger partial charge on any atom is -0.341 e. The van der Waals surface area contributed by atoms with E-state index in [1.807, 2.05) is 19.2 Å². The van der Waals surface area contributed by atoms with Crippen LogP contribution in [0.5, 0.6) is 0 Å². The van der Waals surface area contributed by atoms with Gasteiger partial charge in [0.2, 0.25) is 5.91 Å². The van der Waals surface area contributed by atoms with Crippen LogP contribution in [0.3, 0.4) is 0 Å². The zero-order valence-corrected chi connectivity index (χ0v) is 11.9. The van der Waals surface area contributed by atoms with Gasteiger partial charge in [-0.2, -0.15) is 5.26 Å². The minimum absolute atomic E-state index is 0.0865. The molecule has 1 aromatic rings. The van der Waals surface area contributed by atoms with Crippen LogP contribution in [0.4, 0.5) is 0 Å². The largest absolute Gasteiger partial charge is 0.341 e. The minimum atomic E-state index is 0.0865. The fraction of sp³-hybridized carbons (Fsp3) is 0.500. The number of nitriles is 1. The molecule has 0 aromatic heterocycles. The van der Waals surface area contributed by atoms with Crippen molar-refractivity contribution in [2.24, 2.45) is 17.6 Å². The highest BCUT2D eigenvalue weighted by atomic mass is 16.2. The number of hydrogen-bond acceptors (Lipinski definition) is 3. The van der Waals surface area contributed by atoms with Gasteiger partial charge < -0.3 is 10.6 Å². The highest BCUT2D eigenvalue weighted by Gasteiger charge is 2.33. The van der Waals surface area contributed by atoms with Gasteiger partial charge in [0, 0.05) is 19.5 Å². The third-order valence-corrected chi connectivity index (χ3v) is 4.16. The highest BCUT2D eigenvalue weighted by molar-refractivity contribution is 5.79. The van der Waals surface area contributed by atoms with Gasteiger partial charge in [-0.15, -0.1) is 0 Å². The summed E-state index contributed by atoms with van der Waals surface area (Å²) in [5.41, 5.74) is 7.43. The van der Waals surface area contributed by atoms with Crippen molar-refractivity contribution in [3.63, 3.8) is 0 Å². The van der Waals surface area contributed by atoms with Gasteiger partial charge in [0.05, 0.1) is 11.6 Å². The zero-order valence-electron chi connectivity index (χ0n) is 11.9. The molecular formula is C16H21N3O. The molecule has 0 heterocycles. The van der Waals surface area contributed by atoms with Gasteiger partial charge in [0.1, 0.15) is 0 Å². The normalized spacial score (nSPS) is 21.4. The number of benzene rings is 1. The average molecular weight is 271 g/mol. The fourth-order valence-corrected chi connectivity index (χ4v) is 2.96. The smallest absolute Gasteiger partial charge is 0.226 e. The van der Waals surface area contributed by atoms with Crippen molar-refractivity contribution in [1.82, 2.24) is 4.90 Å². The Balaban J connectivity index is 1.98. The number of carbonyl (C=O) groups is 1. The molecule has 0 radical (unpaired) electrons. The SMILES string of the molecule is CN(Cc1ccc(C#N)cc1)C(=O)C1CCCC1CN. The molecule has 4 nitrogen and oxygen atoms in total. The van der Waals surface area contributed by atoms with Gasteiger partial charge in [-0.1, -0.05) is 18.6 Å². The molecule has 1 aliphatic carbocycles. The Bertz CT molecular complexity index is 503.